The van der Waals surface area contributed by atoms with Crippen LogP contribution in [-0.2, 0) is 0 Å². The Morgan fingerprint density at radius 1 is 0.964 bits per heavy atom. The molecule has 0 bridgehead atoms. The van der Waals surface area contributed by atoms with E-state index in [4.69, 9.17) is 0 Å². The average molecular weight is 400 g/mol. The van der Waals surface area contributed by atoms with E-state index in [1.54, 1.807) is 11.7 Å². The smallest absolute Gasteiger partial charge is 0.265 e. The molecule has 0 aromatic carbocycles. The zero-order valence-corrected chi connectivity index (χ0v) is 17.2. The summed E-state index contributed by atoms with van der Waals surface area (Å²) in [7, 11) is 0. The minimum absolute atomic E-state index is 0.0434. The summed E-state index contributed by atoms with van der Waals surface area (Å²) in [6, 6.07) is 0. The summed E-state index contributed by atoms with van der Waals surface area (Å²) in [6.07, 6.45) is 5.51. The van der Waals surface area contributed by atoms with Crippen LogP contribution in [0.25, 0.3) is 0 Å². The Morgan fingerprint density at radius 3 is 2.25 bits per heavy atom. The number of aromatic nitrogens is 3. The van der Waals surface area contributed by atoms with Crippen molar-refractivity contribution in [2.45, 2.75) is 45.4 Å². The molecule has 4 rings (SSSR count). The second kappa shape index (κ2) is 7.95. The van der Waals surface area contributed by atoms with Gasteiger partial charge in [-0.25, -0.2) is 15.0 Å². The molecule has 8 heteroatoms. The molecule has 0 N–H and O–H groups in total. The van der Waals surface area contributed by atoms with Gasteiger partial charge in [-0.2, -0.15) is 0 Å². The minimum Gasteiger partial charge on any atom is -0.339 e. The molecule has 0 aliphatic carbocycles. The number of carbonyl (C=O) groups excluding carboxylic acids is 2. The average Bonchev–Trinajstić information content (AvgIpc) is 3.39. The molecule has 0 radical (unpaired) electrons. The summed E-state index contributed by atoms with van der Waals surface area (Å²) in [5.41, 5.74) is 3.88. The van der Waals surface area contributed by atoms with Crippen molar-refractivity contribution in [1.29, 1.82) is 0 Å². The van der Waals surface area contributed by atoms with Crippen LogP contribution in [0.1, 0.15) is 68.8 Å². The molecule has 2 aliphatic rings. The molecular weight excluding hydrogens is 374 g/mol. The van der Waals surface area contributed by atoms with E-state index in [-0.39, 0.29) is 17.7 Å². The van der Waals surface area contributed by atoms with Crippen LogP contribution in [0.15, 0.2) is 11.7 Å². The van der Waals surface area contributed by atoms with Crippen LogP contribution in [0.3, 0.4) is 0 Å². The summed E-state index contributed by atoms with van der Waals surface area (Å²) in [5.74, 6) is 1.13. The van der Waals surface area contributed by atoms with Gasteiger partial charge in [0.2, 0.25) is 0 Å². The maximum absolute atomic E-state index is 12.6. The molecular formula is C20H25N5O2S. The maximum Gasteiger partial charge on any atom is 0.265 e. The van der Waals surface area contributed by atoms with E-state index in [9.17, 15) is 9.59 Å². The predicted octanol–water partition coefficient (Wildman–Crippen LogP) is 2.81. The van der Waals surface area contributed by atoms with Crippen molar-refractivity contribution in [2.75, 3.05) is 26.2 Å². The molecule has 2 fully saturated rings. The zero-order valence-electron chi connectivity index (χ0n) is 16.3. The van der Waals surface area contributed by atoms with Gasteiger partial charge in [0.1, 0.15) is 10.7 Å². The van der Waals surface area contributed by atoms with Gasteiger partial charge < -0.3 is 9.80 Å². The molecule has 28 heavy (non-hydrogen) atoms. The quantitative estimate of drug-likeness (QED) is 0.793. The first kappa shape index (κ1) is 19.0. The standard InChI is InChI=1S/C20H25N5O2S/c1-13-16(19(26)24-7-3-4-8-24)11-21-18(23-13)15-5-9-25(10-6-15)20(27)17-14(2)22-12-28-17/h11-12,15H,3-10H2,1-2H3. The molecule has 2 amide bonds. The first-order valence-corrected chi connectivity index (χ1v) is 10.7. The number of thiazole rings is 1. The Bertz CT molecular complexity index is 882. The van der Waals surface area contributed by atoms with Crippen molar-refractivity contribution in [2.24, 2.45) is 0 Å². The third-order valence-electron chi connectivity index (χ3n) is 5.71. The van der Waals surface area contributed by atoms with Gasteiger partial charge in [-0.3, -0.25) is 9.59 Å². The number of carbonyl (C=O) groups is 2. The lowest BCUT2D eigenvalue weighted by Crippen LogP contribution is -2.38. The van der Waals surface area contributed by atoms with E-state index in [1.807, 2.05) is 23.6 Å². The Morgan fingerprint density at radius 2 is 1.64 bits per heavy atom. The monoisotopic (exact) mass is 399 g/mol. The van der Waals surface area contributed by atoms with Crippen LogP contribution in [0.2, 0.25) is 0 Å². The molecule has 0 unspecified atom stereocenters. The van der Waals surface area contributed by atoms with Gasteiger partial charge in [0.15, 0.2) is 0 Å². The van der Waals surface area contributed by atoms with Gasteiger partial charge in [-0.1, -0.05) is 0 Å². The largest absolute Gasteiger partial charge is 0.339 e. The fourth-order valence-electron chi connectivity index (χ4n) is 3.97. The molecule has 2 aromatic rings. The van der Waals surface area contributed by atoms with E-state index in [2.05, 4.69) is 15.0 Å². The second-order valence-electron chi connectivity index (χ2n) is 7.56. The van der Waals surface area contributed by atoms with E-state index in [0.717, 1.165) is 60.9 Å². The highest BCUT2D eigenvalue weighted by atomic mass is 32.1. The van der Waals surface area contributed by atoms with Gasteiger partial charge in [0, 0.05) is 38.3 Å². The van der Waals surface area contributed by atoms with Crippen LogP contribution >= 0.6 is 11.3 Å². The van der Waals surface area contributed by atoms with Crippen LogP contribution in [-0.4, -0.2) is 62.7 Å². The summed E-state index contributed by atoms with van der Waals surface area (Å²) >= 11 is 1.40. The van der Waals surface area contributed by atoms with Crippen molar-refractivity contribution >= 4 is 23.2 Å². The molecule has 2 aromatic heterocycles. The minimum atomic E-state index is 0.0434. The van der Waals surface area contributed by atoms with Crippen molar-refractivity contribution in [3.63, 3.8) is 0 Å². The molecule has 0 saturated carbocycles. The van der Waals surface area contributed by atoms with Crippen LogP contribution in [0.4, 0.5) is 0 Å². The van der Waals surface area contributed by atoms with Crippen LogP contribution in [0.5, 0.6) is 0 Å². The van der Waals surface area contributed by atoms with Gasteiger partial charge in [-0.05, 0) is 39.5 Å². The zero-order chi connectivity index (χ0) is 19.7. The topological polar surface area (TPSA) is 79.3 Å². The Kier molecular flexibility index (Phi) is 5.39. The van der Waals surface area contributed by atoms with Gasteiger partial charge in [-0.15, -0.1) is 11.3 Å². The first-order valence-electron chi connectivity index (χ1n) is 9.86. The molecule has 2 aliphatic heterocycles. The SMILES string of the molecule is Cc1nc(C2CCN(C(=O)c3scnc3C)CC2)ncc1C(=O)N1CCCC1. The van der Waals surface area contributed by atoms with Crippen LogP contribution < -0.4 is 0 Å². The number of likely N-dealkylation sites (tertiary alicyclic amines) is 2. The summed E-state index contributed by atoms with van der Waals surface area (Å²) in [5, 5.41) is 0. The van der Waals surface area contributed by atoms with E-state index in [0.29, 0.717) is 18.7 Å². The highest BCUT2D eigenvalue weighted by Crippen LogP contribution is 2.28. The first-order chi connectivity index (χ1) is 13.5. The third kappa shape index (κ3) is 3.65. The maximum atomic E-state index is 12.6. The number of rotatable bonds is 3. The third-order valence-corrected chi connectivity index (χ3v) is 6.63. The summed E-state index contributed by atoms with van der Waals surface area (Å²) in [4.78, 5) is 43.1. The normalized spacial score (nSPS) is 17.9. The molecule has 0 spiro atoms. The summed E-state index contributed by atoms with van der Waals surface area (Å²) in [6.45, 7) is 6.80. The fourth-order valence-corrected chi connectivity index (χ4v) is 4.74. The molecule has 4 heterocycles. The number of amides is 2. The Hall–Kier alpha value is -2.35. The van der Waals surface area contributed by atoms with Gasteiger partial charge in [0.25, 0.3) is 11.8 Å². The molecule has 148 valence electrons. The lowest BCUT2D eigenvalue weighted by Gasteiger charge is -2.31. The number of hydrogen-bond acceptors (Lipinski definition) is 6. The Balaban J connectivity index is 1.40. The number of nitrogens with zero attached hydrogens (tertiary/aromatic N) is 5. The van der Waals surface area contributed by atoms with Crippen molar-refractivity contribution in [3.8, 4) is 0 Å². The highest BCUT2D eigenvalue weighted by Gasteiger charge is 2.28. The van der Waals surface area contributed by atoms with Gasteiger partial charge in [0.05, 0.1) is 22.5 Å². The predicted molar refractivity (Wildman–Crippen MR) is 107 cm³/mol. The highest BCUT2D eigenvalue weighted by molar-refractivity contribution is 7.11. The van der Waals surface area contributed by atoms with Crippen LogP contribution in [0, 0.1) is 13.8 Å². The van der Waals surface area contributed by atoms with Crippen molar-refractivity contribution in [1.82, 2.24) is 24.8 Å². The fraction of sp³-hybridized carbons (Fsp3) is 0.550. The lowest BCUT2D eigenvalue weighted by molar-refractivity contribution is 0.0713. The number of hydrogen-bond donors (Lipinski definition) is 0. The number of aryl methyl sites for hydroxylation is 2. The van der Waals surface area contributed by atoms with E-state index >= 15 is 0 Å². The Labute approximate surface area is 168 Å². The van der Waals surface area contributed by atoms with E-state index in [1.165, 1.54) is 11.3 Å². The number of piperidine rings is 1. The lowest BCUT2D eigenvalue weighted by atomic mass is 9.95. The van der Waals surface area contributed by atoms with Crippen molar-refractivity contribution < 1.29 is 9.59 Å². The molecule has 0 atom stereocenters. The molecule has 2 saturated heterocycles. The van der Waals surface area contributed by atoms with E-state index < -0.39 is 0 Å². The summed E-state index contributed by atoms with van der Waals surface area (Å²) < 4.78 is 0. The van der Waals surface area contributed by atoms with Gasteiger partial charge >= 0.3 is 0 Å². The second-order valence-corrected chi connectivity index (χ2v) is 8.41. The van der Waals surface area contributed by atoms with Crippen molar-refractivity contribution in [3.05, 3.63) is 39.4 Å². The molecule has 7 nitrogen and oxygen atoms in total.